The lowest BCUT2D eigenvalue weighted by Gasteiger charge is -2.21. The first-order valence-electron chi connectivity index (χ1n) is 5.50. The molecule has 1 atom stereocenters. The minimum atomic E-state index is -1.09. The quantitative estimate of drug-likeness (QED) is 0.910. The smallest absolute Gasteiger partial charge is 0.327 e. The van der Waals surface area contributed by atoms with E-state index in [2.05, 4.69) is 0 Å². The highest BCUT2D eigenvalue weighted by molar-refractivity contribution is 7.99. The van der Waals surface area contributed by atoms with Crippen LogP contribution in [0.4, 0.5) is 4.39 Å². The molecule has 1 aliphatic heterocycles. The maximum Gasteiger partial charge on any atom is 0.327 e. The number of methoxy groups -OCH3 is 1. The van der Waals surface area contributed by atoms with Gasteiger partial charge in [0.1, 0.15) is 23.2 Å². The first-order valence-corrected chi connectivity index (χ1v) is 6.65. The van der Waals surface area contributed by atoms with E-state index in [0.717, 1.165) is 11.0 Å². The molecule has 0 spiro atoms. The molecular weight excluding hydrogens is 273 g/mol. The Morgan fingerprint density at radius 2 is 2.26 bits per heavy atom. The van der Waals surface area contributed by atoms with Crippen molar-refractivity contribution in [3.05, 3.63) is 29.6 Å². The lowest BCUT2D eigenvalue weighted by molar-refractivity contribution is -0.140. The third-order valence-corrected chi connectivity index (χ3v) is 3.85. The van der Waals surface area contributed by atoms with Gasteiger partial charge in [-0.15, -0.1) is 11.8 Å². The summed E-state index contributed by atoms with van der Waals surface area (Å²) in [5.41, 5.74) is -0.223. The molecular formula is C12H12FNO4S. The van der Waals surface area contributed by atoms with Gasteiger partial charge in [0.15, 0.2) is 0 Å². The molecule has 1 saturated heterocycles. The molecule has 19 heavy (non-hydrogen) atoms. The Bertz CT molecular complexity index is 522. The molecule has 1 N–H and O–H groups in total. The van der Waals surface area contributed by atoms with Crippen molar-refractivity contribution < 1.29 is 23.8 Å². The number of ether oxygens (including phenoxy) is 1. The average molecular weight is 285 g/mol. The standard InChI is InChI=1S/C12H12FNO4S/c1-18-9-4-2-3-7(13)10(9)11(15)14-6-19-5-8(14)12(16)17/h2-4,8H,5-6H2,1H3,(H,16,17). The van der Waals surface area contributed by atoms with Crippen LogP contribution < -0.4 is 4.74 Å². The fourth-order valence-electron chi connectivity index (χ4n) is 1.87. The van der Waals surface area contributed by atoms with Gasteiger partial charge in [0.05, 0.1) is 13.0 Å². The van der Waals surface area contributed by atoms with Crippen LogP contribution in [0.3, 0.4) is 0 Å². The van der Waals surface area contributed by atoms with Gasteiger partial charge in [-0.05, 0) is 12.1 Å². The van der Waals surface area contributed by atoms with Crippen LogP contribution >= 0.6 is 11.8 Å². The molecule has 1 fully saturated rings. The number of aliphatic carboxylic acids is 1. The fraction of sp³-hybridized carbons (Fsp3) is 0.333. The zero-order valence-corrected chi connectivity index (χ0v) is 10.9. The van der Waals surface area contributed by atoms with Gasteiger partial charge in [-0.25, -0.2) is 9.18 Å². The monoisotopic (exact) mass is 285 g/mol. The minimum Gasteiger partial charge on any atom is -0.496 e. The Morgan fingerprint density at radius 1 is 1.53 bits per heavy atom. The van der Waals surface area contributed by atoms with E-state index in [4.69, 9.17) is 9.84 Å². The molecule has 1 aliphatic rings. The van der Waals surface area contributed by atoms with Crippen molar-refractivity contribution in [2.24, 2.45) is 0 Å². The number of carbonyl (C=O) groups is 2. The molecule has 5 nitrogen and oxygen atoms in total. The highest BCUT2D eigenvalue weighted by Crippen LogP contribution is 2.28. The molecule has 1 aromatic carbocycles. The molecule has 0 radical (unpaired) electrons. The number of hydrogen-bond donors (Lipinski definition) is 1. The van der Waals surface area contributed by atoms with E-state index in [0.29, 0.717) is 5.75 Å². The van der Waals surface area contributed by atoms with Crippen LogP contribution in [0.1, 0.15) is 10.4 Å². The number of nitrogens with zero attached hydrogens (tertiary/aromatic N) is 1. The fourth-order valence-corrected chi connectivity index (χ4v) is 3.02. The van der Waals surface area contributed by atoms with E-state index in [-0.39, 0.29) is 17.2 Å². The zero-order chi connectivity index (χ0) is 14.0. The summed E-state index contributed by atoms with van der Waals surface area (Å²) >= 11 is 1.32. The molecule has 7 heteroatoms. The summed E-state index contributed by atoms with van der Waals surface area (Å²) in [5.74, 6) is -1.83. The van der Waals surface area contributed by atoms with Gasteiger partial charge in [0.25, 0.3) is 5.91 Å². The van der Waals surface area contributed by atoms with E-state index in [9.17, 15) is 14.0 Å². The molecule has 2 rings (SSSR count). The lowest BCUT2D eigenvalue weighted by Crippen LogP contribution is -2.42. The summed E-state index contributed by atoms with van der Waals surface area (Å²) in [4.78, 5) is 24.5. The highest BCUT2D eigenvalue weighted by Gasteiger charge is 2.37. The number of halogens is 1. The normalized spacial score (nSPS) is 18.4. The summed E-state index contributed by atoms with van der Waals surface area (Å²) in [6, 6.07) is 3.12. The number of carboxylic acids is 1. The van der Waals surface area contributed by atoms with Gasteiger partial charge in [0, 0.05) is 5.75 Å². The van der Waals surface area contributed by atoms with Gasteiger partial charge < -0.3 is 14.7 Å². The van der Waals surface area contributed by atoms with Crippen molar-refractivity contribution in [2.45, 2.75) is 6.04 Å². The van der Waals surface area contributed by atoms with E-state index in [1.54, 1.807) is 0 Å². The molecule has 1 unspecified atom stereocenters. The van der Waals surface area contributed by atoms with E-state index in [1.165, 1.54) is 31.0 Å². The maximum absolute atomic E-state index is 13.8. The Kier molecular flexibility index (Phi) is 3.94. The SMILES string of the molecule is COc1cccc(F)c1C(=O)N1CSCC1C(=O)O. The van der Waals surface area contributed by atoms with E-state index >= 15 is 0 Å². The summed E-state index contributed by atoms with van der Waals surface area (Å²) in [7, 11) is 1.33. The zero-order valence-electron chi connectivity index (χ0n) is 10.1. The van der Waals surface area contributed by atoms with Crippen molar-refractivity contribution >= 4 is 23.6 Å². The largest absolute Gasteiger partial charge is 0.496 e. The van der Waals surface area contributed by atoms with Crippen molar-refractivity contribution in [3.63, 3.8) is 0 Å². The van der Waals surface area contributed by atoms with E-state index < -0.39 is 23.7 Å². The van der Waals surface area contributed by atoms with Crippen molar-refractivity contribution in [1.29, 1.82) is 0 Å². The van der Waals surface area contributed by atoms with Crippen LogP contribution in [-0.4, -0.2) is 46.7 Å². The van der Waals surface area contributed by atoms with Crippen LogP contribution in [0, 0.1) is 5.82 Å². The summed E-state index contributed by atoms with van der Waals surface area (Å²) in [6.45, 7) is 0. The highest BCUT2D eigenvalue weighted by atomic mass is 32.2. The van der Waals surface area contributed by atoms with Crippen molar-refractivity contribution in [3.8, 4) is 5.75 Å². The van der Waals surface area contributed by atoms with E-state index in [1.807, 2.05) is 0 Å². The first kappa shape index (κ1) is 13.7. The Hall–Kier alpha value is -1.76. The summed E-state index contributed by atoms with van der Waals surface area (Å²) in [5, 5.41) is 9.04. The number of amides is 1. The minimum absolute atomic E-state index is 0.103. The topological polar surface area (TPSA) is 66.8 Å². The van der Waals surface area contributed by atoms with Crippen LogP contribution in [0.15, 0.2) is 18.2 Å². The number of carbonyl (C=O) groups excluding carboxylic acids is 1. The Balaban J connectivity index is 2.37. The van der Waals surface area contributed by atoms with Crippen molar-refractivity contribution in [1.82, 2.24) is 4.90 Å². The molecule has 1 aromatic rings. The van der Waals surface area contributed by atoms with Gasteiger partial charge >= 0.3 is 5.97 Å². The second kappa shape index (κ2) is 5.48. The van der Waals surface area contributed by atoms with Crippen LogP contribution in [0.5, 0.6) is 5.75 Å². The number of hydrogen-bond acceptors (Lipinski definition) is 4. The molecule has 102 valence electrons. The summed E-state index contributed by atoms with van der Waals surface area (Å²) in [6.07, 6.45) is 0. The van der Waals surface area contributed by atoms with Crippen LogP contribution in [-0.2, 0) is 4.79 Å². The molecule has 0 aromatic heterocycles. The second-order valence-corrected chi connectivity index (χ2v) is 4.95. The van der Waals surface area contributed by atoms with Crippen LogP contribution in [0.2, 0.25) is 0 Å². The summed E-state index contributed by atoms with van der Waals surface area (Å²) < 4.78 is 18.7. The molecule has 1 heterocycles. The molecule has 0 aliphatic carbocycles. The van der Waals surface area contributed by atoms with Gasteiger partial charge in [-0.3, -0.25) is 4.79 Å². The number of thioether (sulfide) groups is 1. The predicted molar refractivity (Wildman–Crippen MR) is 67.9 cm³/mol. The third kappa shape index (κ3) is 2.51. The van der Waals surface area contributed by atoms with Gasteiger partial charge in [0.2, 0.25) is 0 Å². The molecule has 0 bridgehead atoms. The number of carboxylic acid groups (broad SMARTS) is 1. The second-order valence-electron chi connectivity index (χ2n) is 3.95. The van der Waals surface area contributed by atoms with Gasteiger partial charge in [-0.2, -0.15) is 0 Å². The lowest BCUT2D eigenvalue weighted by atomic mass is 10.1. The van der Waals surface area contributed by atoms with Gasteiger partial charge in [-0.1, -0.05) is 6.07 Å². The predicted octanol–water partition coefficient (Wildman–Crippen LogP) is 1.43. The Labute approximate surface area is 113 Å². The average Bonchev–Trinajstić information content (AvgIpc) is 2.87. The number of benzene rings is 1. The third-order valence-electron chi connectivity index (χ3n) is 2.84. The maximum atomic E-state index is 13.8. The van der Waals surface area contributed by atoms with Crippen LogP contribution in [0.25, 0.3) is 0 Å². The first-order chi connectivity index (χ1) is 9.06. The molecule has 0 saturated carbocycles. The molecule has 1 amide bonds. The Morgan fingerprint density at radius 3 is 2.89 bits per heavy atom. The van der Waals surface area contributed by atoms with Crippen molar-refractivity contribution in [2.75, 3.05) is 18.7 Å². The number of rotatable bonds is 3.